The lowest BCUT2D eigenvalue weighted by Gasteiger charge is -2.19. The number of hydrogen-bond donors (Lipinski definition) is 3. The van der Waals surface area contributed by atoms with E-state index in [1.165, 1.54) is 89.9 Å². The summed E-state index contributed by atoms with van der Waals surface area (Å²) in [7, 11) is 0. The van der Waals surface area contributed by atoms with Crippen molar-refractivity contribution in [2.45, 2.75) is 161 Å². The Morgan fingerprint density at radius 1 is 0.615 bits per heavy atom. The number of carbonyl (C=O) groups excluding carboxylic acids is 1. The first-order chi connectivity index (χ1) is 19.2. The van der Waals surface area contributed by atoms with Gasteiger partial charge in [-0.15, -0.1) is 0 Å². The largest absolute Gasteiger partial charge is 0.394 e. The normalized spacial score (nSPS) is 13.8. The summed E-state index contributed by atoms with van der Waals surface area (Å²) in [5.74, 6) is -0.145. The van der Waals surface area contributed by atoms with E-state index in [9.17, 15) is 15.0 Å². The van der Waals surface area contributed by atoms with Gasteiger partial charge in [0.25, 0.3) is 0 Å². The third-order valence-electron chi connectivity index (χ3n) is 7.05. The van der Waals surface area contributed by atoms with Crippen molar-refractivity contribution < 1.29 is 15.0 Å². The highest BCUT2D eigenvalue weighted by Gasteiger charge is 2.17. The fourth-order valence-corrected chi connectivity index (χ4v) is 4.48. The van der Waals surface area contributed by atoms with E-state index in [4.69, 9.17) is 0 Å². The topological polar surface area (TPSA) is 69.6 Å². The first kappa shape index (κ1) is 37.4. The molecule has 0 aromatic rings. The van der Waals surface area contributed by atoms with Crippen molar-refractivity contribution in [1.29, 1.82) is 0 Å². The van der Waals surface area contributed by atoms with Gasteiger partial charge in [0.05, 0.1) is 18.8 Å². The maximum atomic E-state index is 12.2. The van der Waals surface area contributed by atoms with Gasteiger partial charge in [0.2, 0.25) is 5.91 Å². The summed E-state index contributed by atoms with van der Waals surface area (Å²) in [6.07, 6.45) is 40.5. The first-order valence-corrected chi connectivity index (χ1v) is 16.4. The average Bonchev–Trinajstić information content (AvgIpc) is 2.94. The molecule has 0 radical (unpaired) electrons. The van der Waals surface area contributed by atoms with E-state index in [1.54, 1.807) is 6.08 Å². The number of hydrogen-bond acceptors (Lipinski definition) is 3. The number of nitrogens with one attached hydrogen (secondary N) is 1. The summed E-state index contributed by atoms with van der Waals surface area (Å²) in [5, 5.41) is 22.7. The molecule has 39 heavy (non-hydrogen) atoms. The molecule has 0 spiro atoms. The standard InChI is InChI=1S/C35H63NO3/c1-3-5-7-9-11-13-15-17-19-20-22-24-26-28-30-34(38)33(32-37)36-35(39)31-29-27-25-23-21-18-16-14-12-10-8-6-4-2/h18,20-22,25,27-28,30,33-34,37-38H,3-17,19,23-24,26,29,31-32H2,1-2H3,(H,36,39)/b21-18-,22-20+,27-25-,30-28+. The highest BCUT2D eigenvalue weighted by molar-refractivity contribution is 5.76. The molecule has 0 bridgehead atoms. The fourth-order valence-electron chi connectivity index (χ4n) is 4.48. The van der Waals surface area contributed by atoms with Crippen molar-refractivity contribution in [3.05, 3.63) is 48.6 Å². The fraction of sp³-hybridized carbons (Fsp3) is 0.743. The second-order valence-corrected chi connectivity index (χ2v) is 10.9. The summed E-state index contributed by atoms with van der Waals surface area (Å²) in [4.78, 5) is 12.2. The molecule has 2 atom stereocenters. The number of amides is 1. The lowest BCUT2D eigenvalue weighted by Crippen LogP contribution is -2.45. The summed E-state index contributed by atoms with van der Waals surface area (Å²) >= 11 is 0. The lowest BCUT2D eigenvalue weighted by molar-refractivity contribution is -0.122. The maximum Gasteiger partial charge on any atom is 0.220 e. The van der Waals surface area contributed by atoms with E-state index in [0.717, 1.165) is 32.1 Å². The zero-order valence-electron chi connectivity index (χ0n) is 25.6. The molecule has 0 aliphatic heterocycles. The van der Waals surface area contributed by atoms with Crippen molar-refractivity contribution in [2.24, 2.45) is 0 Å². The summed E-state index contributed by atoms with van der Waals surface area (Å²) in [6, 6.07) is -0.667. The van der Waals surface area contributed by atoms with Crippen molar-refractivity contribution in [3.63, 3.8) is 0 Å². The first-order valence-electron chi connectivity index (χ1n) is 16.4. The third-order valence-corrected chi connectivity index (χ3v) is 7.05. The van der Waals surface area contributed by atoms with Crippen LogP contribution in [0.5, 0.6) is 0 Å². The van der Waals surface area contributed by atoms with Gasteiger partial charge < -0.3 is 15.5 Å². The molecule has 0 fully saturated rings. The van der Waals surface area contributed by atoms with Crippen LogP contribution in [0.1, 0.15) is 149 Å². The Morgan fingerprint density at radius 2 is 1.08 bits per heavy atom. The number of rotatable bonds is 28. The Bertz CT molecular complexity index is 638. The van der Waals surface area contributed by atoms with E-state index in [0.29, 0.717) is 12.8 Å². The summed E-state index contributed by atoms with van der Waals surface area (Å²) in [6.45, 7) is 4.22. The highest BCUT2D eigenvalue weighted by Crippen LogP contribution is 2.10. The maximum absolute atomic E-state index is 12.2. The SMILES string of the molecule is CCCCCCCC/C=C\C/C=C\CCC(=O)NC(CO)C(O)/C=C/CC/C=C/CCCCCCCCCC. The molecule has 4 heteroatoms. The minimum absolute atomic E-state index is 0.145. The molecule has 3 N–H and O–H groups in total. The Kier molecular flexibility index (Phi) is 29.6. The molecule has 0 aliphatic carbocycles. The summed E-state index contributed by atoms with van der Waals surface area (Å²) in [5.41, 5.74) is 0. The van der Waals surface area contributed by atoms with Crippen molar-refractivity contribution in [1.82, 2.24) is 5.32 Å². The van der Waals surface area contributed by atoms with Crippen molar-refractivity contribution in [2.75, 3.05) is 6.61 Å². The second kappa shape index (κ2) is 30.9. The molecule has 0 aromatic heterocycles. The molecule has 0 aromatic carbocycles. The molecule has 4 nitrogen and oxygen atoms in total. The van der Waals surface area contributed by atoms with Gasteiger partial charge in [0, 0.05) is 6.42 Å². The zero-order chi connectivity index (χ0) is 28.7. The smallest absolute Gasteiger partial charge is 0.220 e. The molecule has 226 valence electrons. The number of aliphatic hydroxyl groups is 2. The van der Waals surface area contributed by atoms with Gasteiger partial charge in [-0.3, -0.25) is 4.79 Å². The molecular formula is C35H63NO3. The number of allylic oxidation sites excluding steroid dienone is 7. The van der Waals surface area contributed by atoms with E-state index in [-0.39, 0.29) is 12.5 Å². The minimum Gasteiger partial charge on any atom is -0.394 e. The van der Waals surface area contributed by atoms with Gasteiger partial charge in [-0.2, -0.15) is 0 Å². The van der Waals surface area contributed by atoms with Crippen molar-refractivity contribution in [3.8, 4) is 0 Å². The minimum atomic E-state index is -0.882. The van der Waals surface area contributed by atoms with Gasteiger partial charge in [-0.1, -0.05) is 140 Å². The number of aliphatic hydroxyl groups excluding tert-OH is 2. The Labute approximate surface area is 242 Å². The second-order valence-electron chi connectivity index (χ2n) is 10.9. The van der Waals surface area contributed by atoms with Gasteiger partial charge in [0.1, 0.15) is 0 Å². The lowest BCUT2D eigenvalue weighted by atomic mass is 10.1. The molecule has 2 unspecified atom stereocenters. The molecule has 0 saturated carbocycles. The molecule has 0 saturated heterocycles. The van der Waals surface area contributed by atoms with Crippen LogP contribution in [0.3, 0.4) is 0 Å². The monoisotopic (exact) mass is 545 g/mol. The molecule has 0 aliphatic rings. The molecule has 1 amide bonds. The molecule has 0 heterocycles. The van der Waals surface area contributed by atoms with Crippen LogP contribution in [0.2, 0.25) is 0 Å². The van der Waals surface area contributed by atoms with Crippen LogP contribution >= 0.6 is 0 Å². The Balaban J connectivity index is 3.83. The van der Waals surface area contributed by atoms with Crippen LogP contribution in [0.25, 0.3) is 0 Å². The van der Waals surface area contributed by atoms with Crippen LogP contribution in [-0.4, -0.2) is 34.9 Å². The van der Waals surface area contributed by atoms with E-state index in [1.807, 2.05) is 12.2 Å². The predicted octanol–water partition coefficient (Wildman–Crippen LogP) is 9.28. The van der Waals surface area contributed by atoms with E-state index in [2.05, 4.69) is 49.5 Å². The van der Waals surface area contributed by atoms with Gasteiger partial charge in [-0.05, 0) is 51.4 Å². The Hall–Kier alpha value is -1.65. The van der Waals surface area contributed by atoms with Gasteiger partial charge in [0.15, 0.2) is 0 Å². The van der Waals surface area contributed by atoms with Crippen LogP contribution in [0, 0.1) is 0 Å². The number of carbonyl (C=O) groups is 1. The quantitative estimate of drug-likeness (QED) is 0.0677. The van der Waals surface area contributed by atoms with Crippen LogP contribution in [-0.2, 0) is 4.79 Å². The third kappa shape index (κ3) is 27.7. The van der Waals surface area contributed by atoms with Crippen LogP contribution in [0.4, 0.5) is 0 Å². The molecular weight excluding hydrogens is 482 g/mol. The van der Waals surface area contributed by atoms with Gasteiger partial charge >= 0.3 is 0 Å². The van der Waals surface area contributed by atoms with E-state index < -0.39 is 12.1 Å². The predicted molar refractivity (Wildman–Crippen MR) is 170 cm³/mol. The number of unbranched alkanes of at least 4 members (excludes halogenated alkanes) is 15. The summed E-state index contributed by atoms with van der Waals surface area (Å²) < 4.78 is 0. The average molecular weight is 546 g/mol. The van der Waals surface area contributed by atoms with E-state index >= 15 is 0 Å². The highest BCUT2D eigenvalue weighted by atomic mass is 16.3. The molecule has 0 rings (SSSR count). The van der Waals surface area contributed by atoms with Crippen LogP contribution < -0.4 is 5.32 Å². The van der Waals surface area contributed by atoms with Crippen LogP contribution in [0.15, 0.2) is 48.6 Å². The van der Waals surface area contributed by atoms with Crippen molar-refractivity contribution >= 4 is 5.91 Å². The zero-order valence-corrected chi connectivity index (χ0v) is 25.6. The van der Waals surface area contributed by atoms with Gasteiger partial charge in [-0.25, -0.2) is 0 Å². The Morgan fingerprint density at radius 3 is 1.64 bits per heavy atom.